The molecule has 2 rings (SSSR count). The average Bonchev–Trinajstić information content (AvgIpc) is 3.10. The van der Waals surface area contributed by atoms with Gasteiger partial charge in [-0.25, -0.2) is 0 Å². The quantitative estimate of drug-likeness (QED) is 0.397. The van der Waals surface area contributed by atoms with E-state index in [1.165, 1.54) is 24.3 Å². The minimum absolute atomic E-state index is 0.260. The van der Waals surface area contributed by atoms with Gasteiger partial charge >= 0.3 is 5.97 Å². The number of anilines is 1. The molecule has 8 heteroatoms. The summed E-state index contributed by atoms with van der Waals surface area (Å²) >= 11 is 5.90. The first kappa shape index (κ1) is 20.0. The molecule has 0 aromatic heterocycles. The van der Waals surface area contributed by atoms with Crippen LogP contribution in [0.15, 0.2) is 18.2 Å². The van der Waals surface area contributed by atoms with E-state index in [9.17, 15) is 9.59 Å². The van der Waals surface area contributed by atoms with Crippen LogP contribution in [0.3, 0.4) is 0 Å². The maximum absolute atomic E-state index is 11.8. The van der Waals surface area contributed by atoms with Crippen LogP contribution in [0.2, 0.25) is 5.02 Å². The second-order valence-corrected chi connectivity index (χ2v) is 8.78. The lowest BCUT2D eigenvalue weighted by atomic mass is 10.1. The summed E-state index contributed by atoms with van der Waals surface area (Å²) in [6.07, 6.45) is 4.50. The molecular weight excluding hydrogens is 380 g/mol. The minimum Gasteiger partial charge on any atom is -0.456 e. The van der Waals surface area contributed by atoms with Gasteiger partial charge in [-0.3, -0.25) is 9.59 Å². The fourth-order valence-electron chi connectivity index (χ4n) is 2.30. The standard InChI is InChI=1S/C17H19ClN2O3S2/c18-15-9-13(6-5-12(15)10-19)20-16(21)11-23-17(22)4-2-1-3-14-7-8-24-25-14/h5-6,9,14H,1-4,7-8,11H2,(H,20,21)/t14-/m1/s1. The number of carbonyl (C=O) groups is 2. The molecule has 0 saturated carbocycles. The van der Waals surface area contributed by atoms with Crippen LogP contribution in [0, 0.1) is 11.3 Å². The SMILES string of the molecule is N#Cc1ccc(NC(=O)COC(=O)CCCC[C@@H]2CCSS2)cc1Cl. The van der Waals surface area contributed by atoms with E-state index in [4.69, 9.17) is 21.6 Å². The van der Waals surface area contributed by atoms with Crippen molar-refractivity contribution >= 4 is 50.8 Å². The Morgan fingerprint density at radius 1 is 1.40 bits per heavy atom. The summed E-state index contributed by atoms with van der Waals surface area (Å²) in [5.41, 5.74) is 0.790. The van der Waals surface area contributed by atoms with Crippen LogP contribution in [0.25, 0.3) is 0 Å². The predicted octanol–water partition coefficient (Wildman–Crippen LogP) is 4.41. The second kappa shape index (κ2) is 10.6. The van der Waals surface area contributed by atoms with E-state index in [1.807, 2.05) is 27.7 Å². The molecule has 0 aliphatic carbocycles. The van der Waals surface area contributed by atoms with Crippen molar-refractivity contribution in [1.82, 2.24) is 0 Å². The number of hydrogen-bond acceptors (Lipinski definition) is 6. The van der Waals surface area contributed by atoms with Gasteiger partial charge in [0, 0.05) is 23.1 Å². The molecule has 1 fully saturated rings. The van der Waals surface area contributed by atoms with E-state index in [-0.39, 0.29) is 17.6 Å². The summed E-state index contributed by atoms with van der Waals surface area (Å²) in [5.74, 6) is 0.423. The van der Waals surface area contributed by atoms with Crippen LogP contribution in [0.4, 0.5) is 5.69 Å². The van der Waals surface area contributed by atoms with E-state index >= 15 is 0 Å². The summed E-state index contributed by atoms with van der Waals surface area (Å²) in [6, 6.07) is 6.52. The molecule has 0 bridgehead atoms. The van der Waals surface area contributed by atoms with E-state index in [0.29, 0.717) is 22.9 Å². The Morgan fingerprint density at radius 2 is 2.24 bits per heavy atom. The lowest BCUT2D eigenvalue weighted by Crippen LogP contribution is -2.20. The Hall–Kier alpha value is -1.36. The van der Waals surface area contributed by atoms with Crippen LogP contribution in [-0.2, 0) is 14.3 Å². The van der Waals surface area contributed by atoms with Crippen molar-refractivity contribution in [2.45, 2.75) is 37.4 Å². The third-order valence-electron chi connectivity index (χ3n) is 3.62. The highest BCUT2D eigenvalue weighted by atomic mass is 35.5. The number of carbonyl (C=O) groups excluding carboxylic acids is 2. The first-order valence-electron chi connectivity index (χ1n) is 8.02. The van der Waals surface area contributed by atoms with Crippen molar-refractivity contribution in [2.75, 3.05) is 17.7 Å². The van der Waals surface area contributed by atoms with Crippen molar-refractivity contribution in [2.24, 2.45) is 0 Å². The fourth-order valence-corrected chi connectivity index (χ4v) is 5.56. The van der Waals surface area contributed by atoms with E-state index in [2.05, 4.69) is 5.32 Å². The Bertz CT molecular complexity index is 658. The third kappa shape index (κ3) is 7.18. The average molecular weight is 399 g/mol. The first-order chi connectivity index (χ1) is 12.1. The molecular formula is C17H19ClN2O3S2. The van der Waals surface area contributed by atoms with Crippen molar-refractivity contribution in [1.29, 1.82) is 5.26 Å². The molecule has 1 aliphatic heterocycles. The molecule has 1 heterocycles. The molecule has 1 aromatic carbocycles. The van der Waals surface area contributed by atoms with Crippen LogP contribution in [0.5, 0.6) is 0 Å². The summed E-state index contributed by atoms with van der Waals surface area (Å²) in [4.78, 5) is 23.5. The van der Waals surface area contributed by atoms with E-state index in [0.717, 1.165) is 19.3 Å². The molecule has 1 amide bonds. The van der Waals surface area contributed by atoms with Crippen LogP contribution in [-0.4, -0.2) is 29.5 Å². The molecule has 0 radical (unpaired) electrons. The first-order valence-corrected chi connectivity index (χ1v) is 10.8. The number of hydrogen-bond donors (Lipinski definition) is 1. The van der Waals surface area contributed by atoms with E-state index < -0.39 is 5.91 Å². The van der Waals surface area contributed by atoms with Gasteiger partial charge in [0.1, 0.15) is 6.07 Å². The number of unbranched alkanes of at least 4 members (excludes halogenated alkanes) is 1. The predicted molar refractivity (Wildman–Crippen MR) is 103 cm³/mol. The summed E-state index contributed by atoms with van der Waals surface area (Å²) < 4.78 is 4.98. The van der Waals surface area contributed by atoms with Crippen molar-refractivity contribution in [3.63, 3.8) is 0 Å². The highest BCUT2D eigenvalue weighted by Gasteiger charge is 2.16. The maximum Gasteiger partial charge on any atom is 0.306 e. The molecule has 1 saturated heterocycles. The Kier molecular flexibility index (Phi) is 8.45. The number of rotatable bonds is 8. The van der Waals surface area contributed by atoms with Crippen molar-refractivity contribution in [3.8, 4) is 6.07 Å². The lowest BCUT2D eigenvalue weighted by molar-refractivity contribution is -0.147. The van der Waals surface area contributed by atoms with Gasteiger partial charge in [0.2, 0.25) is 0 Å². The highest BCUT2D eigenvalue weighted by molar-refractivity contribution is 8.77. The number of halogens is 1. The summed E-state index contributed by atoms with van der Waals surface area (Å²) in [6.45, 7) is -0.328. The third-order valence-corrected chi connectivity index (χ3v) is 6.94. The topological polar surface area (TPSA) is 79.2 Å². The molecule has 1 atom stereocenters. The van der Waals surface area contributed by atoms with Gasteiger partial charge in [0.15, 0.2) is 6.61 Å². The Labute approximate surface area is 160 Å². The summed E-state index contributed by atoms with van der Waals surface area (Å²) in [7, 11) is 3.86. The number of nitriles is 1. The molecule has 134 valence electrons. The Balaban J connectivity index is 1.61. The van der Waals surface area contributed by atoms with Crippen LogP contribution >= 0.6 is 33.2 Å². The van der Waals surface area contributed by atoms with E-state index in [1.54, 1.807) is 6.07 Å². The number of esters is 1. The zero-order chi connectivity index (χ0) is 18.1. The fraction of sp³-hybridized carbons (Fsp3) is 0.471. The van der Waals surface area contributed by atoms with Gasteiger partial charge in [0.25, 0.3) is 5.91 Å². The van der Waals surface area contributed by atoms with Crippen molar-refractivity contribution < 1.29 is 14.3 Å². The largest absolute Gasteiger partial charge is 0.456 e. The molecule has 0 unspecified atom stereocenters. The van der Waals surface area contributed by atoms with Gasteiger partial charge in [-0.1, -0.05) is 39.6 Å². The second-order valence-electron chi connectivity index (χ2n) is 5.59. The zero-order valence-electron chi connectivity index (χ0n) is 13.6. The number of benzene rings is 1. The molecule has 1 aliphatic rings. The molecule has 5 nitrogen and oxygen atoms in total. The monoisotopic (exact) mass is 398 g/mol. The molecule has 1 N–H and O–H groups in total. The van der Waals surface area contributed by atoms with Gasteiger partial charge in [-0.2, -0.15) is 5.26 Å². The van der Waals surface area contributed by atoms with Gasteiger partial charge in [-0.05, 0) is 37.5 Å². The Morgan fingerprint density at radius 3 is 2.92 bits per heavy atom. The zero-order valence-corrected chi connectivity index (χ0v) is 16.0. The number of nitrogens with one attached hydrogen (secondary N) is 1. The minimum atomic E-state index is -0.437. The van der Waals surface area contributed by atoms with Crippen LogP contribution in [0.1, 0.15) is 37.7 Å². The summed E-state index contributed by atoms with van der Waals surface area (Å²) in [5, 5.41) is 12.4. The molecule has 25 heavy (non-hydrogen) atoms. The van der Waals surface area contributed by atoms with Gasteiger partial charge in [-0.15, -0.1) is 0 Å². The van der Waals surface area contributed by atoms with Gasteiger partial charge in [0.05, 0.1) is 10.6 Å². The lowest BCUT2D eigenvalue weighted by Gasteiger charge is -2.08. The highest BCUT2D eigenvalue weighted by Crippen LogP contribution is 2.39. The number of ether oxygens (including phenoxy) is 1. The van der Waals surface area contributed by atoms with Gasteiger partial charge < -0.3 is 10.1 Å². The molecule has 1 aromatic rings. The van der Waals surface area contributed by atoms with Crippen LogP contribution < -0.4 is 5.32 Å². The molecule has 0 spiro atoms. The van der Waals surface area contributed by atoms with Crippen molar-refractivity contribution in [3.05, 3.63) is 28.8 Å². The normalized spacial score (nSPS) is 16.2. The smallest absolute Gasteiger partial charge is 0.306 e. The maximum atomic E-state index is 11.8. The number of nitrogens with zero attached hydrogens (tertiary/aromatic N) is 1. The number of amides is 1.